The molecule has 1 unspecified atom stereocenters. The normalized spacial score (nSPS) is 23.3. The summed E-state index contributed by atoms with van der Waals surface area (Å²) in [4.78, 5) is 19.4. The molecule has 1 aromatic heterocycles. The number of amides is 1. The smallest absolute Gasteiger partial charge is 0.222 e. The molecule has 5 rings (SSSR count). The lowest BCUT2D eigenvalue weighted by Gasteiger charge is -2.40. The van der Waals surface area contributed by atoms with E-state index in [2.05, 4.69) is 31.9 Å². The van der Waals surface area contributed by atoms with Crippen molar-refractivity contribution in [1.82, 2.24) is 19.8 Å². The third-order valence-electron chi connectivity index (χ3n) is 7.55. The lowest BCUT2D eigenvalue weighted by Crippen LogP contribution is -2.44. The second kappa shape index (κ2) is 10.2. The number of carbonyl (C=O) groups excluding carboxylic acids is 1. The summed E-state index contributed by atoms with van der Waals surface area (Å²) in [5.74, 6) is -0.229. The number of ether oxygens (including phenoxy) is 1. The van der Waals surface area contributed by atoms with Crippen LogP contribution in [0.15, 0.2) is 54.9 Å². The fourth-order valence-electron chi connectivity index (χ4n) is 5.90. The number of rotatable bonds is 9. The minimum absolute atomic E-state index is 0.0109. The summed E-state index contributed by atoms with van der Waals surface area (Å²) in [6.45, 7) is 1.38. The van der Waals surface area contributed by atoms with Crippen molar-refractivity contribution in [3.8, 4) is 0 Å². The van der Waals surface area contributed by atoms with Gasteiger partial charge in [-0.25, -0.2) is 9.37 Å². The molecule has 1 amide bonds. The lowest BCUT2D eigenvalue weighted by atomic mass is 9.95. The molecule has 6 nitrogen and oxygen atoms in total. The highest BCUT2D eigenvalue weighted by Crippen LogP contribution is 2.42. The molecule has 7 heteroatoms. The van der Waals surface area contributed by atoms with Gasteiger partial charge in [0.25, 0.3) is 0 Å². The molecule has 0 radical (unpaired) electrons. The van der Waals surface area contributed by atoms with E-state index in [0.717, 1.165) is 36.9 Å². The maximum atomic E-state index is 14.1. The number of nitrogens with one attached hydrogen (secondary N) is 1. The van der Waals surface area contributed by atoms with Gasteiger partial charge in [0, 0.05) is 38.2 Å². The van der Waals surface area contributed by atoms with E-state index in [0.29, 0.717) is 36.7 Å². The molecular formula is C27H33FN4O2. The van der Waals surface area contributed by atoms with Crippen molar-refractivity contribution in [2.75, 3.05) is 20.3 Å². The highest BCUT2D eigenvalue weighted by atomic mass is 19.1. The molecule has 2 saturated heterocycles. The Bertz CT molecular complexity index is 1100. The Morgan fingerprint density at radius 3 is 2.62 bits per heavy atom. The third kappa shape index (κ3) is 4.72. The molecule has 0 spiro atoms. The average molecular weight is 465 g/mol. The van der Waals surface area contributed by atoms with Gasteiger partial charge in [-0.3, -0.25) is 9.69 Å². The summed E-state index contributed by atoms with van der Waals surface area (Å²) >= 11 is 0. The molecule has 180 valence electrons. The van der Waals surface area contributed by atoms with Crippen molar-refractivity contribution < 1.29 is 13.9 Å². The molecule has 2 aliphatic rings. The summed E-state index contributed by atoms with van der Waals surface area (Å²) in [5, 5.41) is 3.22. The number of para-hydroxylation sites is 1. The van der Waals surface area contributed by atoms with Crippen LogP contribution in [0.4, 0.5) is 4.39 Å². The molecule has 3 heterocycles. The van der Waals surface area contributed by atoms with E-state index in [4.69, 9.17) is 4.74 Å². The number of methoxy groups -OCH3 is 1. The van der Waals surface area contributed by atoms with Crippen LogP contribution >= 0.6 is 0 Å². The van der Waals surface area contributed by atoms with Gasteiger partial charge in [0.1, 0.15) is 5.52 Å². The zero-order chi connectivity index (χ0) is 23.5. The van der Waals surface area contributed by atoms with E-state index in [-0.39, 0.29) is 17.8 Å². The number of benzene rings is 2. The second-order valence-corrected chi connectivity index (χ2v) is 9.57. The summed E-state index contributed by atoms with van der Waals surface area (Å²) in [7, 11) is 1.62. The minimum atomic E-state index is -0.254. The van der Waals surface area contributed by atoms with Crippen LogP contribution in [0.5, 0.6) is 0 Å². The third-order valence-corrected chi connectivity index (χ3v) is 7.55. The molecule has 2 bridgehead atoms. The van der Waals surface area contributed by atoms with Crippen LogP contribution in [-0.2, 0) is 9.53 Å². The van der Waals surface area contributed by atoms with Crippen LogP contribution < -0.4 is 5.32 Å². The Kier molecular flexibility index (Phi) is 6.92. The van der Waals surface area contributed by atoms with Crippen molar-refractivity contribution in [3.63, 3.8) is 0 Å². The summed E-state index contributed by atoms with van der Waals surface area (Å²) < 4.78 is 21.4. The van der Waals surface area contributed by atoms with Crippen molar-refractivity contribution >= 4 is 16.9 Å². The van der Waals surface area contributed by atoms with Crippen molar-refractivity contribution in [3.05, 3.63) is 66.2 Å². The van der Waals surface area contributed by atoms with Gasteiger partial charge in [-0.1, -0.05) is 36.4 Å². The zero-order valence-corrected chi connectivity index (χ0v) is 19.7. The fourth-order valence-corrected chi connectivity index (χ4v) is 5.90. The van der Waals surface area contributed by atoms with Crippen LogP contribution in [0.3, 0.4) is 0 Å². The number of hydrogen-bond donors (Lipinski definition) is 1. The molecule has 0 aliphatic carbocycles. The SMILES string of the molecule is COCCC(=O)N[C@@H](CCN1[C@@H]2CC[C@H]1CC(n1cnc3c(F)cccc31)C2)c1ccccc1. The number of nitrogens with zero attached hydrogens (tertiary/aromatic N) is 3. The first-order chi connectivity index (χ1) is 16.6. The van der Waals surface area contributed by atoms with Crippen LogP contribution in [-0.4, -0.2) is 52.7 Å². The predicted octanol–water partition coefficient (Wildman–Crippen LogP) is 4.63. The molecule has 2 aliphatic heterocycles. The van der Waals surface area contributed by atoms with Gasteiger partial charge in [-0.05, 0) is 49.8 Å². The Balaban J connectivity index is 1.26. The Hall–Kier alpha value is -2.77. The van der Waals surface area contributed by atoms with Gasteiger partial charge in [-0.15, -0.1) is 0 Å². The van der Waals surface area contributed by atoms with Gasteiger partial charge in [0.05, 0.1) is 24.5 Å². The molecule has 4 atom stereocenters. The maximum Gasteiger partial charge on any atom is 0.222 e. The number of carbonyl (C=O) groups is 1. The van der Waals surface area contributed by atoms with Crippen LogP contribution in [0.1, 0.15) is 56.2 Å². The van der Waals surface area contributed by atoms with E-state index < -0.39 is 0 Å². The second-order valence-electron chi connectivity index (χ2n) is 9.57. The van der Waals surface area contributed by atoms with Crippen LogP contribution in [0.25, 0.3) is 11.0 Å². The monoisotopic (exact) mass is 464 g/mol. The number of aromatic nitrogens is 2. The van der Waals surface area contributed by atoms with Gasteiger partial charge in [0.15, 0.2) is 5.82 Å². The molecule has 34 heavy (non-hydrogen) atoms. The number of piperidine rings is 1. The first-order valence-corrected chi connectivity index (χ1v) is 12.3. The number of fused-ring (bicyclic) bond motifs is 3. The standard InChI is InChI=1S/C27H33FN4O2/c1-34-15-13-26(33)30-24(19-6-3-2-4-7-19)12-14-31-20-10-11-21(31)17-22(16-20)32-18-29-27-23(28)8-5-9-25(27)32/h2-9,18,20-22,24H,10-17H2,1H3,(H,30,33)/t20-,21+,22?,24-/m0/s1. The molecule has 2 aromatic carbocycles. The molecule has 2 fully saturated rings. The highest BCUT2D eigenvalue weighted by molar-refractivity contribution is 5.76. The molecule has 3 aromatic rings. The first kappa shape index (κ1) is 23.0. The summed E-state index contributed by atoms with van der Waals surface area (Å²) in [5.41, 5.74) is 2.50. The molecule has 0 saturated carbocycles. The molecule has 1 N–H and O–H groups in total. The zero-order valence-electron chi connectivity index (χ0n) is 19.7. The van der Waals surface area contributed by atoms with E-state index >= 15 is 0 Å². The quantitative estimate of drug-likeness (QED) is 0.502. The van der Waals surface area contributed by atoms with Gasteiger partial charge >= 0.3 is 0 Å². The number of hydrogen-bond acceptors (Lipinski definition) is 4. The van der Waals surface area contributed by atoms with Gasteiger partial charge < -0.3 is 14.6 Å². The van der Waals surface area contributed by atoms with Crippen LogP contribution in [0.2, 0.25) is 0 Å². The summed E-state index contributed by atoms with van der Waals surface area (Å²) in [6.07, 6.45) is 7.55. The van der Waals surface area contributed by atoms with Crippen molar-refractivity contribution in [1.29, 1.82) is 0 Å². The number of imidazole rings is 1. The summed E-state index contributed by atoms with van der Waals surface area (Å²) in [6, 6.07) is 16.8. The maximum absolute atomic E-state index is 14.1. The van der Waals surface area contributed by atoms with E-state index in [9.17, 15) is 9.18 Å². The van der Waals surface area contributed by atoms with Gasteiger partial charge in [-0.2, -0.15) is 0 Å². The number of halogens is 1. The minimum Gasteiger partial charge on any atom is -0.384 e. The lowest BCUT2D eigenvalue weighted by molar-refractivity contribution is -0.122. The van der Waals surface area contributed by atoms with Crippen molar-refractivity contribution in [2.45, 2.75) is 62.7 Å². The predicted molar refractivity (Wildman–Crippen MR) is 130 cm³/mol. The van der Waals surface area contributed by atoms with Crippen molar-refractivity contribution in [2.24, 2.45) is 0 Å². The Morgan fingerprint density at radius 2 is 1.88 bits per heavy atom. The van der Waals surface area contributed by atoms with Crippen LogP contribution in [0, 0.1) is 5.82 Å². The first-order valence-electron chi connectivity index (χ1n) is 12.3. The Morgan fingerprint density at radius 1 is 1.12 bits per heavy atom. The molecular weight excluding hydrogens is 431 g/mol. The van der Waals surface area contributed by atoms with Gasteiger partial charge in [0.2, 0.25) is 5.91 Å². The van der Waals surface area contributed by atoms with E-state index in [1.165, 1.54) is 18.9 Å². The fraction of sp³-hybridized carbons (Fsp3) is 0.481. The average Bonchev–Trinajstić information content (AvgIpc) is 3.39. The topological polar surface area (TPSA) is 59.4 Å². The largest absolute Gasteiger partial charge is 0.384 e. The Labute approximate surface area is 200 Å². The highest BCUT2D eigenvalue weighted by Gasteiger charge is 2.41. The van der Waals surface area contributed by atoms with E-state index in [1.807, 2.05) is 30.6 Å². The van der Waals surface area contributed by atoms with E-state index in [1.54, 1.807) is 13.2 Å².